The average molecular weight is 441 g/mol. The maximum atomic E-state index is 14.4. The summed E-state index contributed by atoms with van der Waals surface area (Å²) in [5.41, 5.74) is 2.06. The van der Waals surface area contributed by atoms with Crippen LogP contribution in [0.3, 0.4) is 0 Å². The molecule has 3 amide bonds. The summed E-state index contributed by atoms with van der Waals surface area (Å²) in [6, 6.07) is 7.53. The van der Waals surface area contributed by atoms with Gasteiger partial charge in [0.2, 0.25) is 17.7 Å². The molecule has 2 aromatic carbocycles. The van der Waals surface area contributed by atoms with Crippen LogP contribution in [0, 0.1) is 23.4 Å². The molecule has 9 heteroatoms. The third-order valence-corrected chi connectivity index (χ3v) is 6.18. The molecule has 0 radical (unpaired) electrons. The predicted molar refractivity (Wildman–Crippen MR) is 109 cm³/mol. The van der Waals surface area contributed by atoms with E-state index in [9.17, 15) is 27.6 Å². The SMILES string of the molecule is O=C1CC(C(=O)N[C@H]2C[C@@H](c3c(-c4ccc(F)cc4)[nH]c4c(F)cc(F)cc43)C2)C(=O)N1. The number of halogens is 3. The van der Waals surface area contributed by atoms with Gasteiger partial charge in [-0.3, -0.25) is 19.7 Å². The topological polar surface area (TPSA) is 91.1 Å². The number of hydrogen-bond donors (Lipinski definition) is 3. The van der Waals surface area contributed by atoms with Gasteiger partial charge in [-0.05, 0) is 60.2 Å². The molecule has 1 unspecified atom stereocenters. The van der Waals surface area contributed by atoms with Crippen LogP contribution in [0.5, 0.6) is 0 Å². The number of rotatable bonds is 4. The van der Waals surface area contributed by atoms with Crippen LogP contribution in [0.4, 0.5) is 13.2 Å². The molecule has 1 saturated carbocycles. The second-order valence-corrected chi connectivity index (χ2v) is 8.27. The summed E-state index contributed by atoms with van der Waals surface area (Å²) in [7, 11) is 0. The van der Waals surface area contributed by atoms with E-state index in [0.717, 1.165) is 6.07 Å². The first-order valence-corrected chi connectivity index (χ1v) is 10.2. The lowest BCUT2D eigenvalue weighted by molar-refractivity contribution is -0.133. The Hall–Kier alpha value is -3.62. The van der Waals surface area contributed by atoms with Gasteiger partial charge in [0.05, 0.1) is 11.2 Å². The van der Waals surface area contributed by atoms with E-state index in [2.05, 4.69) is 15.6 Å². The van der Waals surface area contributed by atoms with E-state index in [1.165, 1.54) is 18.2 Å². The van der Waals surface area contributed by atoms with Crippen molar-refractivity contribution in [1.82, 2.24) is 15.6 Å². The van der Waals surface area contributed by atoms with Crippen molar-refractivity contribution in [2.45, 2.75) is 31.2 Å². The van der Waals surface area contributed by atoms with Gasteiger partial charge in [-0.1, -0.05) is 0 Å². The Kier molecular flexibility index (Phi) is 4.76. The standard InChI is InChI=1S/C23H18F3N3O3/c24-12-3-1-10(2-4-12)20-19(15-7-13(25)8-17(26)21(15)29-20)11-5-14(6-11)27-22(31)16-9-18(30)28-23(16)32/h1-4,7-8,11,14,16,29H,5-6,9H2,(H,27,31)(H,28,30,32)/t11-,14+,16?. The van der Waals surface area contributed by atoms with Crippen LogP contribution < -0.4 is 10.6 Å². The zero-order valence-corrected chi connectivity index (χ0v) is 16.7. The van der Waals surface area contributed by atoms with Gasteiger partial charge < -0.3 is 10.3 Å². The van der Waals surface area contributed by atoms with E-state index in [4.69, 9.17) is 0 Å². The Labute approximate surface area is 180 Å². The number of carbonyl (C=O) groups is 3. The normalized spacial score (nSPS) is 22.7. The monoisotopic (exact) mass is 441 g/mol. The van der Waals surface area contributed by atoms with Gasteiger partial charge >= 0.3 is 0 Å². The molecule has 1 aliphatic heterocycles. The van der Waals surface area contributed by atoms with E-state index in [-0.39, 0.29) is 23.9 Å². The molecule has 0 spiro atoms. The number of amides is 3. The molecule has 6 nitrogen and oxygen atoms in total. The second kappa shape index (κ2) is 7.51. The highest BCUT2D eigenvalue weighted by molar-refractivity contribution is 6.13. The van der Waals surface area contributed by atoms with Crippen molar-refractivity contribution >= 4 is 28.6 Å². The fourth-order valence-electron chi connectivity index (χ4n) is 4.55. The Balaban J connectivity index is 1.42. The first-order valence-electron chi connectivity index (χ1n) is 10.2. The van der Waals surface area contributed by atoms with Crippen LogP contribution >= 0.6 is 0 Å². The molecule has 1 aliphatic carbocycles. The quantitative estimate of drug-likeness (QED) is 0.429. The number of benzene rings is 2. The Morgan fingerprint density at radius 1 is 1.00 bits per heavy atom. The Bertz CT molecular complexity index is 1260. The van der Waals surface area contributed by atoms with Crippen molar-refractivity contribution in [2.24, 2.45) is 5.92 Å². The third kappa shape index (κ3) is 3.43. The maximum Gasteiger partial charge on any atom is 0.239 e. The number of aromatic amines is 1. The van der Waals surface area contributed by atoms with Crippen molar-refractivity contribution < 1.29 is 27.6 Å². The molecule has 2 aliphatic rings. The zero-order chi connectivity index (χ0) is 22.6. The summed E-state index contributed by atoms with van der Waals surface area (Å²) < 4.78 is 41.8. The van der Waals surface area contributed by atoms with Crippen LogP contribution in [0.25, 0.3) is 22.2 Å². The van der Waals surface area contributed by atoms with Crippen molar-refractivity contribution in [3.05, 3.63) is 59.4 Å². The molecule has 1 atom stereocenters. The highest BCUT2D eigenvalue weighted by Gasteiger charge is 2.40. The average Bonchev–Trinajstić information content (AvgIpc) is 3.24. The van der Waals surface area contributed by atoms with E-state index < -0.39 is 41.1 Å². The summed E-state index contributed by atoms with van der Waals surface area (Å²) in [6.07, 6.45) is 0.817. The first kappa shape index (κ1) is 20.3. The van der Waals surface area contributed by atoms with Gasteiger partial charge in [-0.25, -0.2) is 13.2 Å². The molecule has 3 N–H and O–H groups in total. The van der Waals surface area contributed by atoms with Crippen molar-refractivity contribution in [1.29, 1.82) is 0 Å². The van der Waals surface area contributed by atoms with Crippen molar-refractivity contribution in [2.75, 3.05) is 0 Å². The number of hydrogen-bond acceptors (Lipinski definition) is 3. The number of H-pyrrole nitrogens is 1. The summed E-state index contributed by atoms with van der Waals surface area (Å²) >= 11 is 0. The van der Waals surface area contributed by atoms with Gasteiger partial charge in [-0.15, -0.1) is 0 Å². The smallest absolute Gasteiger partial charge is 0.239 e. The molecule has 1 saturated heterocycles. The highest BCUT2D eigenvalue weighted by atomic mass is 19.1. The lowest BCUT2D eigenvalue weighted by Gasteiger charge is -2.37. The molecule has 164 valence electrons. The minimum atomic E-state index is -1.03. The van der Waals surface area contributed by atoms with Crippen molar-refractivity contribution in [3.63, 3.8) is 0 Å². The fraction of sp³-hybridized carbons (Fsp3) is 0.261. The van der Waals surface area contributed by atoms with Crippen LogP contribution in [-0.2, 0) is 14.4 Å². The number of nitrogens with one attached hydrogen (secondary N) is 3. The van der Waals surface area contributed by atoms with Crippen LogP contribution in [0.2, 0.25) is 0 Å². The number of fused-ring (bicyclic) bond motifs is 1. The van der Waals surface area contributed by atoms with Gasteiger partial charge in [0.1, 0.15) is 23.4 Å². The predicted octanol–water partition coefficient (Wildman–Crippen LogP) is 3.28. The van der Waals surface area contributed by atoms with Gasteiger partial charge in [0.15, 0.2) is 0 Å². The van der Waals surface area contributed by atoms with Crippen LogP contribution in [0.15, 0.2) is 36.4 Å². The third-order valence-electron chi connectivity index (χ3n) is 6.18. The highest BCUT2D eigenvalue weighted by Crippen LogP contribution is 2.45. The molecule has 32 heavy (non-hydrogen) atoms. The molecule has 5 rings (SSSR count). The van der Waals surface area contributed by atoms with Gasteiger partial charge in [-0.2, -0.15) is 0 Å². The van der Waals surface area contributed by atoms with Crippen LogP contribution in [-0.4, -0.2) is 28.7 Å². The second-order valence-electron chi connectivity index (χ2n) is 8.27. The molecule has 3 aromatic rings. The minimum Gasteiger partial charge on any atom is -0.353 e. The zero-order valence-electron chi connectivity index (χ0n) is 16.7. The number of imide groups is 1. The molecular formula is C23H18F3N3O3. The molecule has 2 heterocycles. The van der Waals surface area contributed by atoms with E-state index >= 15 is 0 Å². The van der Waals surface area contributed by atoms with Gasteiger partial charge in [0, 0.05) is 23.9 Å². The lowest BCUT2D eigenvalue weighted by atomic mass is 9.74. The number of aromatic nitrogens is 1. The lowest BCUT2D eigenvalue weighted by Crippen LogP contribution is -2.47. The maximum absolute atomic E-state index is 14.4. The first-order chi connectivity index (χ1) is 15.3. The van der Waals surface area contributed by atoms with E-state index in [1.807, 2.05) is 0 Å². The summed E-state index contributed by atoms with van der Waals surface area (Å²) in [5.74, 6) is -4.59. The molecule has 1 aromatic heterocycles. The van der Waals surface area contributed by atoms with Crippen molar-refractivity contribution in [3.8, 4) is 11.3 Å². The fourth-order valence-corrected chi connectivity index (χ4v) is 4.55. The Morgan fingerprint density at radius 2 is 1.72 bits per heavy atom. The molecule has 0 bridgehead atoms. The number of carbonyl (C=O) groups excluding carboxylic acids is 3. The van der Waals surface area contributed by atoms with E-state index in [1.54, 1.807) is 12.1 Å². The Morgan fingerprint density at radius 3 is 2.38 bits per heavy atom. The van der Waals surface area contributed by atoms with Gasteiger partial charge in [0.25, 0.3) is 0 Å². The molecular weight excluding hydrogens is 423 g/mol. The summed E-state index contributed by atoms with van der Waals surface area (Å²) in [4.78, 5) is 38.4. The summed E-state index contributed by atoms with van der Waals surface area (Å²) in [6.45, 7) is 0. The molecule has 2 fully saturated rings. The summed E-state index contributed by atoms with van der Waals surface area (Å²) in [5, 5.41) is 5.29. The van der Waals surface area contributed by atoms with Crippen LogP contribution in [0.1, 0.15) is 30.7 Å². The van der Waals surface area contributed by atoms with E-state index in [0.29, 0.717) is 35.0 Å². The minimum absolute atomic E-state index is 0.116. The largest absolute Gasteiger partial charge is 0.353 e.